The van der Waals surface area contributed by atoms with Gasteiger partial charge in [0.2, 0.25) is 0 Å². The molecule has 3 atom stereocenters. The maximum Gasteiger partial charge on any atom is 0.191 e. The Kier molecular flexibility index (Phi) is 9.01. The third-order valence-electron chi connectivity index (χ3n) is 5.74. The van der Waals surface area contributed by atoms with Gasteiger partial charge in [-0.05, 0) is 57.2 Å². The number of ether oxygens (including phenoxy) is 2. The fraction of sp³-hybridized carbons (Fsp3) is 0.905. The normalized spacial score (nSPS) is 25.6. The summed E-state index contributed by atoms with van der Waals surface area (Å²) in [6.07, 6.45) is 7.34. The van der Waals surface area contributed by atoms with E-state index in [4.69, 9.17) is 19.0 Å². The van der Waals surface area contributed by atoms with Crippen molar-refractivity contribution >= 4 is 8.32 Å². The van der Waals surface area contributed by atoms with E-state index < -0.39 is 14.1 Å². The molecule has 1 fully saturated rings. The van der Waals surface area contributed by atoms with Crippen LogP contribution in [-0.4, -0.2) is 45.1 Å². The van der Waals surface area contributed by atoms with Crippen molar-refractivity contribution in [1.82, 2.24) is 0 Å². The van der Waals surface area contributed by atoms with Crippen LogP contribution in [0.1, 0.15) is 60.8 Å². The minimum atomic E-state index is -1.77. The first kappa shape index (κ1) is 23.8. The molecule has 1 aliphatic rings. The van der Waals surface area contributed by atoms with Crippen molar-refractivity contribution in [3.8, 4) is 0 Å². The van der Waals surface area contributed by atoms with Crippen LogP contribution in [0.15, 0.2) is 12.2 Å². The Morgan fingerprint density at radius 3 is 2.54 bits per heavy atom. The zero-order valence-electron chi connectivity index (χ0n) is 18.3. The summed E-state index contributed by atoms with van der Waals surface area (Å²) in [7, 11) is -1.77. The monoisotopic (exact) mass is 386 g/mol. The highest BCUT2D eigenvalue weighted by Gasteiger charge is 2.40. The van der Waals surface area contributed by atoms with Crippen LogP contribution in [0.4, 0.5) is 0 Å². The van der Waals surface area contributed by atoms with Crippen LogP contribution in [0.25, 0.3) is 0 Å². The van der Waals surface area contributed by atoms with Crippen molar-refractivity contribution < 1.29 is 19.0 Å². The third-order valence-corrected chi connectivity index (χ3v) is 10.2. The van der Waals surface area contributed by atoms with Crippen LogP contribution in [-0.2, 0) is 13.9 Å². The third kappa shape index (κ3) is 7.81. The van der Waals surface area contributed by atoms with Gasteiger partial charge in [0.05, 0.1) is 12.7 Å². The second-order valence-corrected chi connectivity index (χ2v) is 14.5. The number of aliphatic hydroxyl groups excluding tert-OH is 1. The van der Waals surface area contributed by atoms with Crippen LogP contribution >= 0.6 is 0 Å². The molecule has 154 valence electrons. The van der Waals surface area contributed by atoms with Gasteiger partial charge in [0, 0.05) is 19.1 Å². The van der Waals surface area contributed by atoms with Crippen molar-refractivity contribution in [2.24, 2.45) is 11.8 Å². The molecule has 0 unspecified atom stereocenters. The van der Waals surface area contributed by atoms with Crippen LogP contribution in [0, 0.1) is 11.8 Å². The van der Waals surface area contributed by atoms with E-state index in [0.29, 0.717) is 19.1 Å². The van der Waals surface area contributed by atoms with Crippen molar-refractivity contribution in [2.45, 2.75) is 90.8 Å². The lowest BCUT2D eigenvalue weighted by Crippen LogP contribution is -2.49. The average Bonchev–Trinajstić information content (AvgIpc) is 2.49. The Bertz CT molecular complexity index is 440. The van der Waals surface area contributed by atoms with Gasteiger partial charge in [0.15, 0.2) is 14.1 Å². The van der Waals surface area contributed by atoms with E-state index in [1.54, 1.807) is 0 Å². The molecule has 0 aromatic carbocycles. The summed E-state index contributed by atoms with van der Waals surface area (Å²) in [5, 5.41) is 9.20. The van der Waals surface area contributed by atoms with E-state index in [0.717, 1.165) is 19.3 Å². The van der Waals surface area contributed by atoms with E-state index in [2.05, 4.69) is 52.9 Å². The van der Waals surface area contributed by atoms with E-state index in [1.807, 2.05) is 13.8 Å². The molecule has 0 aromatic rings. The Morgan fingerprint density at radius 2 is 1.96 bits per heavy atom. The van der Waals surface area contributed by atoms with Gasteiger partial charge in [-0.1, -0.05) is 39.8 Å². The van der Waals surface area contributed by atoms with Crippen LogP contribution < -0.4 is 0 Å². The molecule has 0 amide bonds. The predicted octanol–water partition coefficient (Wildman–Crippen LogP) is 5.13. The number of hydrogen-bond donors (Lipinski definition) is 1. The summed E-state index contributed by atoms with van der Waals surface area (Å²) in [6.45, 7) is 19.2. The summed E-state index contributed by atoms with van der Waals surface area (Å²) in [6, 6.07) is 0. The molecular weight excluding hydrogens is 344 g/mol. The molecule has 1 heterocycles. The molecule has 1 saturated heterocycles. The topological polar surface area (TPSA) is 47.9 Å². The summed E-state index contributed by atoms with van der Waals surface area (Å²) < 4.78 is 18.6. The minimum absolute atomic E-state index is 0.154. The lowest BCUT2D eigenvalue weighted by atomic mass is 9.97. The molecular formula is C21H42O4Si. The predicted molar refractivity (Wildman–Crippen MR) is 111 cm³/mol. The van der Waals surface area contributed by atoms with Gasteiger partial charge in [0.25, 0.3) is 0 Å². The van der Waals surface area contributed by atoms with Crippen molar-refractivity contribution in [2.75, 3.05) is 19.8 Å². The van der Waals surface area contributed by atoms with Crippen molar-refractivity contribution in [1.29, 1.82) is 0 Å². The van der Waals surface area contributed by atoms with E-state index in [1.165, 1.54) is 0 Å². The Hall–Kier alpha value is -0.203. The largest absolute Gasteiger partial charge is 0.416 e. The zero-order valence-corrected chi connectivity index (χ0v) is 19.3. The van der Waals surface area contributed by atoms with E-state index in [-0.39, 0.29) is 23.7 Å². The average molecular weight is 387 g/mol. The Morgan fingerprint density at radius 1 is 1.31 bits per heavy atom. The quantitative estimate of drug-likeness (QED) is 0.441. The maximum absolute atomic E-state index is 8.99. The summed E-state index contributed by atoms with van der Waals surface area (Å²) >= 11 is 0. The first-order chi connectivity index (χ1) is 11.9. The van der Waals surface area contributed by atoms with Gasteiger partial charge in [-0.2, -0.15) is 0 Å². The summed E-state index contributed by atoms with van der Waals surface area (Å²) in [5.41, 5.74) is 0. The fourth-order valence-electron chi connectivity index (χ4n) is 2.78. The Balaban J connectivity index is 2.62. The number of rotatable bonds is 9. The van der Waals surface area contributed by atoms with E-state index in [9.17, 15) is 0 Å². The van der Waals surface area contributed by atoms with Crippen LogP contribution in [0.2, 0.25) is 18.1 Å². The highest BCUT2D eigenvalue weighted by molar-refractivity contribution is 6.74. The van der Waals surface area contributed by atoms with Crippen LogP contribution in [0.5, 0.6) is 0 Å². The molecule has 0 aliphatic carbocycles. The van der Waals surface area contributed by atoms with Gasteiger partial charge in [0.1, 0.15) is 0 Å². The minimum Gasteiger partial charge on any atom is -0.416 e. The molecule has 0 bridgehead atoms. The molecule has 26 heavy (non-hydrogen) atoms. The van der Waals surface area contributed by atoms with Crippen molar-refractivity contribution in [3.05, 3.63) is 12.2 Å². The number of hydrogen-bond acceptors (Lipinski definition) is 4. The number of allylic oxidation sites excluding steroid dienone is 2. The first-order valence-corrected chi connectivity index (χ1v) is 13.0. The lowest BCUT2D eigenvalue weighted by molar-refractivity contribution is -0.296. The molecule has 1 aliphatic heterocycles. The molecule has 4 nitrogen and oxygen atoms in total. The van der Waals surface area contributed by atoms with Gasteiger partial charge < -0.3 is 19.0 Å². The molecule has 5 heteroatoms. The number of aliphatic hydroxyl groups is 1. The molecule has 0 spiro atoms. The van der Waals surface area contributed by atoms with Crippen LogP contribution in [0.3, 0.4) is 0 Å². The van der Waals surface area contributed by atoms with Gasteiger partial charge in [-0.25, -0.2) is 0 Å². The molecule has 0 aromatic heterocycles. The highest BCUT2D eigenvalue weighted by Crippen LogP contribution is 2.38. The molecule has 0 radical (unpaired) electrons. The second-order valence-electron chi connectivity index (χ2n) is 9.69. The van der Waals surface area contributed by atoms with Gasteiger partial charge >= 0.3 is 0 Å². The van der Waals surface area contributed by atoms with E-state index >= 15 is 0 Å². The molecule has 0 saturated carbocycles. The highest BCUT2D eigenvalue weighted by atomic mass is 28.4. The molecule has 1 N–H and O–H groups in total. The summed E-state index contributed by atoms with van der Waals surface area (Å²) in [4.78, 5) is 0. The summed E-state index contributed by atoms with van der Waals surface area (Å²) in [5.74, 6) is 0.177. The SMILES string of the molecule is C[C@H](/C=C/CC[C@H]1OC(C)(C)OC[C@@H]1CO[Si](C)(C)C(C)(C)C)CCO. The van der Waals surface area contributed by atoms with Crippen molar-refractivity contribution in [3.63, 3.8) is 0 Å². The maximum atomic E-state index is 8.99. The smallest absolute Gasteiger partial charge is 0.191 e. The van der Waals surface area contributed by atoms with Gasteiger partial charge in [-0.15, -0.1) is 0 Å². The fourth-order valence-corrected chi connectivity index (χ4v) is 3.84. The zero-order chi connectivity index (χ0) is 20.0. The molecule has 1 rings (SSSR count). The lowest BCUT2D eigenvalue weighted by Gasteiger charge is -2.43. The Labute approximate surface area is 162 Å². The standard InChI is InChI=1S/C21H42O4Si/c1-17(13-14-22)11-9-10-12-19-18(15-23-21(5,6)25-19)16-24-26(7,8)20(2,3)4/h9,11,17-19,22H,10,12-16H2,1-8H3/b11-9+/t17-,18-,19-/m1/s1. The first-order valence-electron chi connectivity index (χ1n) is 10.1. The van der Waals surface area contributed by atoms with Gasteiger partial charge in [-0.3, -0.25) is 0 Å². The second kappa shape index (κ2) is 9.83.